The van der Waals surface area contributed by atoms with Crippen LogP contribution in [-0.2, 0) is 16.0 Å². The molecule has 1 aliphatic heterocycles. The molecule has 0 saturated carbocycles. The lowest BCUT2D eigenvalue weighted by molar-refractivity contribution is -0.150. The van der Waals surface area contributed by atoms with Gasteiger partial charge >= 0.3 is 0 Å². The molecule has 3 rings (SSSR count). The Balaban J connectivity index is 1.89. The Kier molecular flexibility index (Phi) is 6.37. The van der Waals surface area contributed by atoms with Crippen LogP contribution in [0.3, 0.4) is 0 Å². The van der Waals surface area contributed by atoms with E-state index in [1.54, 1.807) is 30.3 Å². The number of nitrogens with one attached hydrogen (secondary N) is 1. The summed E-state index contributed by atoms with van der Waals surface area (Å²) in [4.78, 5) is 39.0. The summed E-state index contributed by atoms with van der Waals surface area (Å²) in [5.41, 5.74) is 1.53. The van der Waals surface area contributed by atoms with Gasteiger partial charge < -0.3 is 5.32 Å². The van der Waals surface area contributed by atoms with E-state index in [0.717, 1.165) is 5.56 Å². The van der Waals surface area contributed by atoms with Crippen molar-refractivity contribution in [3.05, 3.63) is 84.4 Å². The number of piperidine rings is 1. The Morgan fingerprint density at radius 2 is 1.57 bits per heavy atom. The fraction of sp³-hybridized carbons (Fsp3) is 0.261. The second kappa shape index (κ2) is 9.13. The first-order chi connectivity index (χ1) is 13.6. The fourth-order valence-electron chi connectivity index (χ4n) is 3.52. The molecule has 2 aromatic rings. The lowest BCUT2D eigenvalue weighted by atomic mass is 9.95. The first kappa shape index (κ1) is 19.5. The zero-order chi connectivity index (χ0) is 19.9. The van der Waals surface area contributed by atoms with Crippen LogP contribution < -0.4 is 5.32 Å². The highest BCUT2D eigenvalue weighted by Gasteiger charge is 2.36. The average molecular weight is 376 g/mol. The van der Waals surface area contributed by atoms with E-state index in [2.05, 4.69) is 11.9 Å². The Morgan fingerprint density at radius 3 is 2.14 bits per heavy atom. The molecule has 0 aliphatic carbocycles. The van der Waals surface area contributed by atoms with Crippen LogP contribution in [0.25, 0.3) is 0 Å². The van der Waals surface area contributed by atoms with Gasteiger partial charge in [-0.3, -0.25) is 19.3 Å². The van der Waals surface area contributed by atoms with Crippen LogP contribution in [0, 0.1) is 0 Å². The van der Waals surface area contributed by atoms with Crippen molar-refractivity contribution in [1.82, 2.24) is 10.2 Å². The maximum Gasteiger partial charge on any atom is 0.251 e. The van der Waals surface area contributed by atoms with Crippen molar-refractivity contribution < 1.29 is 14.4 Å². The van der Waals surface area contributed by atoms with E-state index in [1.165, 1.54) is 4.90 Å². The van der Waals surface area contributed by atoms with E-state index in [1.807, 2.05) is 36.4 Å². The Bertz CT molecular complexity index is 833. The molecule has 0 radical (unpaired) electrons. The number of hydrogen-bond acceptors (Lipinski definition) is 3. The predicted octanol–water partition coefficient (Wildman–Crippen LogP) is 3.12. The molecule has 1 saturated heterocycles. The Labute approximate surface area is 165 Å². The molecule has 0 unspecified atom stereocenters. The molecule has 144 valence electrons. The summed E-state index contributed by atoms with van der Waals surface area (Å²) in [5, 5.41) is 3.01. The number of benzene rings is 2. The van der Waals surface area contributed by atoms with Crippen molar-refractivity contribution in [2.24, 2.45) is 0 Å². The summed E-state index contributed by atoms with van der Waals surface area (Å²) in [6, 6.07) is 17.5. The summed E-state index contributed by atoms with van der Waals surface area (Å²) < 4.78 is 0. The van der Waals surface area contributed by atoms with E-state index < -0.39 is 12.1 Å². The Morgan fingerprint density at radius 1 is 1.00 bits per heavy atom. The summed E-state index contributed by atoms with van der Waals surface area (Å²) >= 11 is 0. The maximum atomic E-state index is 12.8. The number of carbonyl (C=O) groups excluding carboxylic acids is 3. The highest BCUT2D eigenvalue weighted by atomic mass is 16.2. The molecule has 1 aliphatic rings. The van der Waals surface area contributed by atoms with Crippen LogP contribution >= 0.6 is 0 Å². The molecule has 1 heterocycles. The summed E-state index contributed by atoms with van der Waals surface area (Å²) in [5.74, 6) is -0.674. The van der Waals surface area contributed by atoms with Gasteiger partial charge in [0.1, 0.15) is 0 Å². The van der Waals surface area contributed by atoms with Crippen molar-refractivity contribution in [2.75, 3.05) is 0 Å². The number of likely N-dealkylation sites (tertiary alicyclic amines) is 1. The van der Waals surface area contributed by atoms with Gasteiger partial charge in [0.2, 0.25) is 11.8 Å². The molecular weight excluding hydrogens is 352 g/mol. The van der Waals surface area contributed by atoms with Crippen LogP contribution in [0.15, 0.2) is 73.3 Å². The number of rotatable bonds is 7. The molecule has 2 aromatic carbocycles. The third-order valence-electron chi connectivity index (χ3n) is 4.92. The van der Waals surface area contributed by atoms with Gasteiger partial charge in [0.15, 0.2) is 0 Å². The van der Waals surface area contributed by atoms with E-state index in [9.17, 15) is 14.4 Å². The third-order valence-corrected chi connectivity index (χ3v) is 4.92. The lowest BCUT2D eigenvalue weighted by Crippen LogP contribution is -2.56. The molecular formula is C23H24N2O3. The highest BCUT2D eigenvalue weighted by Crippen LogP contribution is 2.20. The second-order valence-electron chi connectivity index (χ2n) is 6.87. The molecule has 0 spiro atoms. The topological polar surface area (TPSA) is 66.5 Å². The maximum absolute atomic E-state index is 12.8. The first-order valence-electron chi connectivity index (χ1n) is 9.47. The first-order valence-corrected chi connectivity index (χ1v) is 9.47. The SMILES string of the molecule is C=C[C@@H]([C@H](Cc1ccccc1)NC(=O)c1ccccc1)N1C(=O)CCCC1=O. The average Bonchev–Trinajstić information content (AvgIpc) is 2.72. The van der Waals surface area contributed by atoms with Gasteiger partial charge in [-0.2, -0.15) is 0 Å². The van der Waals surface area contributed by atoms with Crippen molar-refractivity contribution in [3.8, 4) is 0 Å². The largest absolute Gasteiger partial charge is 0.347 e. The molecule has 3 amide bonds. The number of amides is 3. The normalized spacial score (nSPS) is 16.4. The minimum Gasteiger partial charge on any atom is -0.347 e. The molecule has 0 aromatic heterocycles. The van der Waals surface area contributed by atoms with Crippen molar-refractivity contribution in [3.63, 3.8) is 0 Å². The van der Waals surface area contributed by atoms with Gasteiger partial charge in [-0.05, 0) is 30.5 Å². The van der Waals surface area contributed by atoms with Gasteiger partial charge in [-0.15, -0.1) is 6.58 Å². The van der Waals surface area contributed by atoms with Crippen molar-refractivity contribution >= 4 is 17.7 Å². The molecule has 0 bridgehead atoms. The summed E-state index contributed by atoms with van der Waals surface area (Å²) in [7, 11) is 0. The zero-order valence-electron chi connectivity index (χ0n) is 15.7. The van der Waals surface area contributed by atoms with E-state index in [4.69, 9.17) is 0 Å². The minimum atomic E-state index is -0.604. The van der Waals surface area contributed by atoms with Gasteiger partial charge in [0, 0.05) is 18.4 Å². The molecule has 5 heteroatoms. The van der Waals surface area contributed by atoms with Crippen LogP contribution in [0.4, 0.5) is 0 Å². The van der Waals surface area contributed by atoms with Crippen LogP contribution in [0.2, 0.25) is 0 Å². The standard InChI is InChI=1S/C23H24N2O3/c1-2-20(25-21(26)14-9-15-22(25)27)19(16-17-10-5-3-6-11-17)24-23(28)18-12-7-4-8-13-18/h2-8,10-13,19-20H,1,9,14-16H2,(H,24,28)/t19-,20-/m0/s1. The monoisotopic (exact) mass is 376 g/mol. The number of hydrogen-bond donors (Lipinski definition) is 1. The molecule has 2 atom stereocenters. The molecule has 28 heavy (non-hydrogen) atoms. The molecule has 1 N–H and O–H groups in total. The predicted molar refractivity (Wildman–Crippen MR) is 108 cm³/mol. The third kappa shape index (κ3) is 4.55. The van der Waals surface area contributed by atoms with Crippen LogP contribution in [-0.4, -0.2) is 34.7 Å². The van der Waals surface area contributed by atoms with Gasteiger partial charge in [-0.25, -0.2) is 0 Å². The second-order valence-corrected chi connectivity index (χ2v) is 6.87. The summed E-state index contributed by atoms with van der Waals surface area (Å²) in [6.07, 6.45) is 3.30. The lowest BCUT2D eigenvalue weighted by Gasteiger charge is -2.36. The van der Waals surface area contributed by atoms with Crippen molar-refractivity contribution in [2.45, 2.75) is 37.8 Å². The zero-order valence-corrected chi connectivity index (χ0v) is 15.7. The molecule has 1 fully saturated rings. The van der Waals surface area contributed by atoms with E-state index in [0.29, 0.717) is 31.2 Å². The van der Waals surface area contributed by atoms with Gasteiger partial charge in [0.25, 0.3) is 5.91 Å². The van der Waals surface area contributed by atoms with Gasteiger partial charge in [-0.1, -0.05) is 54.6 Å². The molecule has 5 nitrogen and oxygen atoms in total. The van der Waals surface area contributed by atoms with Crippen LogP contribution in [0.5, 0.6) is 0 Å². The van der Waals surface area contributed by atoms with Crippen LogP contribution in [0.1, 0.15) is 35.2 Å². The number of carbonyl (C=O) groups is 3. The Hall–Kier alpha value is -3.21. The summed E-state index contributed by atoms with van der Waals surface area (Å²) in [6.45, 7) is 3.85. The van der Waals surface area contributed by atoms with E-state index in [-0.39, 0.29) is 17.7 Å². The van der Waals surface area contributed by atoms with Gasteiger partial charge in [0.05, 0.1) is 12.1 Å². The van der Waals surface area contributed by atoms with E-state index >= 15 is 0 Å². The van der Waals surface area contributed by atoms with Crippen molar-refractivity contribution in [1.29, 1.82) is 0 Å². The number of nitrogens with zero attached hydrogens (tertiary/aromatic N) is 1. The number of imide groups is 1. The quantitative estimate of drug-likeness (QED) is 0.596. The fourth-order valence-corrected chi connectivity index (χ4v) is 3.52. The smallest absolute Gasteiger partial charge is 0.251 e. The highest BCUT2D eigenvalue weighted by molar-refractivity contribution is 5.98. The minimum absolute atomic E-state index is 0.215.